The predicted octanol–water partition coefficient (Wildman–Crippen LogP) is 4.09. The monoisotopic (exact) mass is 219 g/mol. The fourth-order valence-corrected chi connectivity index (χ4v) is 2.07. The molecule has 0 bridgehead atoms. The van der Waals surface area contributed by atoms with Crippen LogP contribution in [0.2, 0.25) is 0 Å². The Morgan fingerprint density at radius 2 is 1.40 bits per heavy atom. The zero-order valence-electron chi connectivity index (χ0n) is 11.3. The summed E-state index contributed by atoms with van der Waals surface area (Å²) < 4.78 is 0. The molecule has 0 aromatic carbocycles. The number of hydrogen-bond donors (Lipinski definition) is 0. The summed E-state index contributed by atoms with van der Waals surface area (Å²) in [5.74, 6) is 0.902. The molecule has 0 aliphatic heterocycles. The van der Waals surface area contributed by atoms with Crippen LogP contribution in [0.4, 0.5) is 4.70 Å². The van der Waals surface area contributed by atoms with E-state index < -0.39 is 0 Å². The van der Waals surface area contributed by atoms with Crippen LogP contribution < -0.4 is 0 Å². The lowest BCUT2D eigenvalue weighted by atomic mass is 9.97. The molecular formula is C13H30FN. The van der Waals surface area contributed by atoms with E-state index in [9.17, 15) is 0 Å². The molecule has 94 valence electrons. The van der Waals surface area contributed by atoms with Crippen molar-refractivity contribution >= 4 is 0 Å². The van der Waals surface area contributed by atoms with Crippen molar-refractivity contribution in [2.45, 2.75) is 66.3 Å². The van der Waals surface area contributed by atoms with Gasteiger partial charge in [-0.15, -0.1) is 0 Å². The highest BCUT2D eigenvalue weighted by Gasteiger charge is 2.13. The maximum atomic E-state index is 2.60. The highest BCUT2D eigenvalue weighted by atomic mass is 19.0. The van der Waals surface area contributed by atoms with E-state index in [1.54, 1.807) is 0 Å². The second-order valence-electron chi connectivity index (χ2n) is 4.37. The van der Waals surface area contributed by atoms with Gasteiger partial charge in [0.2, 0.25) is 0 Å². The first kappa shape index (κ1) is 17.3. The quantitative estimate of drug-likeness (QED) is 0.594. The molecule has 2 unspecified atom stereocenters. The summed E-state index contributed by atoms with van der Waals surface area (Å²) in [7, 11) is 0. The lowest BCUT2D eigenvalue weighted by Gasteiger charge is -2.29. The summed E-state index contributed by atoms with van der Waals surface area (Å²) in [4.78, 5) is 2.60. The van der Waals surface area contributed by atoms with E-state index in [1.165, 1.54) is 38.8 Å². The van der Waals surface area contributed by atoms with Gasteiger partial charge >= 0.3 is 0 Å². The first-order chi connectivity index (χ1) is 6.69. The SMILES string of the molecule is CCC(C)CCC(CC)N(CC)CC.F. The van der Waals surface area contributed by atoms with E-state index in [-0.39, 0.29) is 4.70 Å². The van der Waals surface area contributed by atoms with Crippen molar-refractivity contribution in [1.29, 1.82) is 0 Å². The molecule has 0 rings (SSSR count). The Hall–Kier alpha value is -0.110. The van der Waals surface area contributed by atoms with Gasteiger partial charge in [0, 0.05) is 6.04 Å². The summed E-state index contributed by atoms with van der Waals surface area (Å²) in [6, 6.07) is 0.819. The highest BCUT2D eigenvalue weighted by Crippen LogP contribution is 2.16. The third-order valence-electron chi connectivity index (χ3n) is 3.49. The number of nitrogens with zero attached hydrogens (tertiary/aromatic N) is 1. The molecule has 0 radical (unpaired) electrons. The lowest BCUT2D eigenvalue weighted by Crippen LogP contribution is -2.34. The Balaban J connectivity index is 0. The van der Waals surface area contributed by atoms with Crippen LogP contribution >= 0.6 is 0 Å². The Morgan fingerprint density at radius 3 is 1.73 bits per heavy atom. The van der Waals surface area contributed by atoms with Gasteiger partial charge in [0.1, 0.15) is 0 Å². The normalized spacial score (nSPS) is 14.8. The standard InChI is InChI=1S/C13H29N.FH/c1-6-12(5)10-11-13(7-2)14(8-3)9-4;/h12-13H,6-11H2,1-5H3;1H. The summed E-state index contributed by atoms with van der Waals surface area (Å²) >= 11 is 0. The summed E-state index contributed by atoms with van der Waals surface area (Å²) in [6.07, 6.45) is 5.41. The first-order valence-corrected chi connectivity index (χ1v) is 6.43. The molecule has 0 aliphatic rings. The van der Waals surface area contributed by atoms with Gasteiger partial charge in [0.15, 0.2) is 0 Å². The maximum absolute atomic E-state index is 2.60. The van der Waals surface area contributed by atoms with E-state index in [1.807, 2.05) is 0 Å². The molecule has 0 saturated heterocycles. The Bertz CT molecular complexity index is 124. The van der Waals surface area contributed by atoms with Gasteiger partial charge in [-0.25, -0.2) is 0 Å². The minimum Gasteiger partial charge on any atom is -0.301 e. The van der Waals surface area contributed by atoms with Crippen molar-refractivity contribution in [2.24, 2.45) is 5.92 Å². The summed E-state index contributed by atoms with van der Waals surface area (Å²) in [5, 5.41) is 0. The molecule has 0 aliphatic carbocycles. The zero-order chi connectivity index (χ0) is 11.0. The minimum absolute atomic E-state index is 0. The molecule has 1 nitrogen and oxygen atoms in total. The molecule has 2 atom stereocenters. The molecule has 0 spiro atoms. The molecule has 0 amide bonds. The van der Waals surface area contributed by atoms with Crippen molar-refractivity contribution < 1.29 is 4.70 Å². The van der Waals surface area contributed by atoms with E-state index in [2.05, 4.69) is 39.5 Å². The van der Waals surface area contributed by atoms with Gasteiger partial charge in [-0.05, 0) is 38.3 Å². The van der Waals surface area contributed by atoms with Crippen molar-refractivity contribution in [3.8, 4) is 0 Å². The lowest BCUT2D eigenvalue weighted by molar-refractivity contribution is 0.191. The molecule has 0 saturated carbocycles. The van der Waals surface area contributed by atoms with Crippen LogP contribution in [0.3, 0.4) is 0 Å². The van der Waals surface area contributed by atoms with E-state index in [0.717, 1.165) is 12.0 Å². The van der Waals surface area contributed by atoms with Gasteiger partial charge in [-0.1, -0.05) is 41.0 Å². The Morgan fingerprint density at radius 1 is 0.867 bits per heavy atom. The van der Waals surface area contributed by atoms with Crippen molar-refractivity contribution in [3.63, 3.8) is 0 Å². The number of hydrogen-bond acceptors (Lipinski definition) is 1. The molecule has 0 fully saturated rings. The largest absolute Gasteiger partial charge is 0.301 e. The third-order valence-corrected chi connectivity index (χ3v) is 3.49. The molecule has 2 heteroatoms. The minimum atomic E-state index is 0. The zero-order valence-corrected chi connectivity index (χ0v) is 11.3. The van der Waals surface area contributed by atoms with Crippen molar-refractivity contribution in [1.82, 2.24) is 4.90 Å². The number of halogens is 1. The summed E-state index contributed by atoms with van der Waals surface area (Å²) in [6.45, 7) is 13.9. The third kappa shape index (κ3) is 6.88. The van der Waals surface area contributed by atoms with Gasteiger partial charge in [-0.2, -0.15) is 0 Å². The van der Waals surface area contributed by atoms with Crippen LogP contribution in [0.1, 0.15) is 60.3 Å². The van der Waals surface area contributed by atoms with E-state index in [0.29, 0.717) is 0 Å². The second-order valence-corrected chi connectivity index (χ2v) is 4.37. The number of rotatable bonds is 8. The second kappa shape index (κ2) is 10.4. The van der Waals surface area contributed by atoms with E-state index in [4.69, 9.17) is 0 Å². The molecule has 0 aromatic heterocycles. The topological polar surface area (TPSA) is 3.24 Å². The van der Waals surface area contributed by atoms with Crippen LogP contribution in [-0.4, -0.2) is 24.0 Å². The van der Waals surface area contributed by atoms with Crippen LogP contribution in [0.25, 0.3) is 0 Å². The van der Waals surface area contributed by atoms with Crippen LogP contribution in [-0.2, 0) is 0 Å². The van der Waals surface area contributed by atoms with Gasteiger partial charge in [0.05, 0.1) is 0 Å². The van der Waals surface area contributed by atoms with Gasteiger partial charge in [0.25, 0.3) is 0 Å². The van der Waals surface area contributed by atoms with Crippen LogP contribution in [0.5, 0.6) is 0 Å². The first-order valence-electron chi connectivity index (χ1n) is 6.43. The fraction of sp³-hybridized carbons (Fsp3) is 1.00. The summed E-state index contributed by atoms with van der Waals surface area (Å²) in [5.41, 5.74) is 0. The fourth-order valence-electron chi connectivity index (χ4n) is 2.07. The van der Waals surface area contributed by atoms with Crippen LogP contribution in [0, 0.1) is 5.92 Å². The molecule has 0 N–H and O–H groups in total. The maximum Gasteiger partial charge on any atom is 0.00925 e. The average molecular weight is 219 g/mol. The Kier molecular flexibility index (Phi) is 12.0. The molecule has 15 heavy (non-hydrogen) atoms. The highest BCUT2D eigenvalue weighted by molar-refractivity contribution is 4.69. The van der Waals surface area contributed by atoms with Crippen LogP contribution in [0.15, 0.2) is 0 Å². The van der Waals surface area contributed by atoms with Gasteiger partial charge < -0.3 is 4.90 Å². The van der Waals surface area contributed by atoms with Crippen molar-refractivity contribution in [3.05, 3.63) is 0 Å². The predicted molar refractivity (Wildman–Crippen MR) is 68.2 cm³/mol. The van der Waals surface area contributed by atoms with Gasteiger partial charge in [-0.3, -0.25) is 4.70 Å². The van der Waals surface area contributed by atoms with Crippen molar-refractivity contribution in [2.75, 3.05) is 13.1 Å². The van der Waals surface area contributed by atoms with E-state index >= 15 is 0 Å². The average Bonchev–Trinajstić information content (AvgIpc) is 2.23. The molecule has 0 heterocycles. The molecular weight excluding hydrogens is 189 g/mol. The smallest absolute Gasteiger partial charge is 0.00925 e. The molecule has 0 aromatic rings. The Labute approximate surface area is 95.6 Å².